The summed E-state index contributed by atoms with van der Waals surface area (Å²) in [7, 11) is -3.72. The molecule has 0 amide bonds. The molecule has 3 aromatic carbocycles. The van der Waals surface area contributed by atoms with Crippen LogP contribution in [0.4, 0.5) is 22.7 Å². The summed E-state index contributed by atoms with van der Waals surface area (Å²) in [5, 5.41) is 12.3. The molecule has 9 nitrogen and oxygen atoms in total. The molecule has 0 radical (unpaired) electrons. The molecule has 5 rings (SSSR count). The van der Waals surface area contributed by atoms with Crippen LogP contribution in [0.5, 0.6) is 0 Å². The van der Waals surface area contributed by atoms with E-state index >= 15 is 0 Å². The monoisotopic (exact) mass is 575 g/mol. The maximum absolute atomic E-state index is 13.1. The zero-order chi connectivity index (χ0) is 26.9. The van der Waals surface area contributed by atoms with Gasteiger partial charge in [-0.1, -0.05) is 41.4 Å². The Bertz CT molecular complexity index is 1420. The van der Waals surface area contributed by atoms with Gasteiger partial charge in [0.1, 0.15) is 5.69 Å². The summed E-state index contributed by atoms with van der Waals surface area (Å²) in [4.78, 5) is 18.0. The molecule has 0 aliphatic carbocycles. The number of halogens is 2. The first-order valence-corrected chi connectivity index (χ1v) is 14.5. The Morgan fingerprint density at radius 2 is 1.29 bits per heavy atom. The van der Waals surface area contributed by atoms with Gasteiger partial charge in [0.05, 0.1) is 19.9 Å². The predicted molar refractivity (Wildman–Crippen MR) is 151 cm³/mol. The summed E-state index contributed by atoms with van der Waals surface area (Å²) in [5.74, 6) is 0. The van der Waals surface area contributed by atoms with Gasteiger partial charge >= 0.3 is 0 Å². The van der Waals surface area contributed by atoms with Crippen molar-refractivity contribution in [1.29, 1.82) is 0 Å². The second kappa shape index (κ2) is 11.0. The van der Waals surface area contributed by atoms with E-state index in [1.54, 1.807) is 12.1 Å². The van der Waals surface area contributed by atoms with Gasteiger partial charge in [0.15, 0.2) is 0 Å². The largest absolute Gasteiger partial charge is 0.369 e. The smallest absolute Gasteiger partial charge is 0.292 e. The molecule has 2 aliphatic heterocycles. The average Bonchev–Trinajstić information content (AvgIpc) is 2.94. The van der Waals surface area contributed by atoms with Crippen molar-refractivity contribution in [3.8, 4) is 0 Å². The summed E-state index contributed by atoms with van der Waals surface area (Å²) in [6.45, 7) is 4.32. The van der Waals surface area contributed by atoms with Crippen LogP contribution in [-0.2, 0) is 10.0 Å². The third-order valence-electron chi connectivity index (χ3n) is 7.03. The number of hydrogen-bond donors (Lipinski definition) is 0. The van der Waals surface area contributed by atoms with E-state index in [4.69, 9.17) is 23.2 Å². The predicted octanol–water partition coefficient (Wildman–Crippen LogP) is 4.74. The van der Waals surface area contributed by atoms with E-state index in [0.717, 1.165) is 24.5 Å². The molecule has 0 aromatic heterocycles. The van der Waals surface area contributed by atoms with Crippen molar-refractivity contribution in [3.63, 3.8) is 0 Å². The highest BCUT2D eigenvalue weighted by atomic mass is 35.5. The van der Waals surface area contributed by atoms with Crippen LogP contribution in [0.1, 0.15) is 0 Å². The summed E-state index contributed by atoms with van der Waals surface area (Å²) < 4.78 is 27.7. The molecule has 0 bridgehead atoms. The van der Waals surface area contributed by atoms with Gasteiger partial charge in [-0.25, -0.2) is 8.42 Å². The Balaban J connectivity index is 1.29. The fourth-order valence-electron chi connectivity index (χ4n) is 4.93. The lowest BCUT2D eigenvalue weighted by Gasteiger charge is -2.38. The van der Waals surface area contributed by atoms with Crippen molar-refractivity contribution in [2.75, 3.05) is 67.1 Å². The second-order valence-electron chi connectivity index (χ2n) is 9.21. The Morgan fingerprint density at radius 1 is 0.684 bits per heavy atom. The van der Waals surface area contributed by atoms with Crippen LogP contribution in [0.25, 0.3) is 0 Å². The Labute approximate surface area is 232 Å². The van der Waals surface area contributed by atoms with Gasteiger partial charge in [0, 0.05) is 69.8 Å². The Hall–Kier alpha value is -3.05. The highest BCUT2D eigenvalue weighted by Crippen LogP contribution is 2.35. The maximum Gasteiger partial charge on any atom is 0.292 e. The SMILES string of the molecule is O=[N+]([O-])c1ccc(N2CCN(S(=O)(=O)c3ccc(Cl)c(Cl)c3)CC2)cc1N1CCN(c2ccccc2)CC1. The van der Waals surface area contributed by atoms with Gasteiger partial charge in [0.25, 0.3) is 5.69 Å². The fraction of sp³-hybridized carbons (Fsp3) is 0.308. The molecule has 3 aromatic rings. The van der Waals surface area contributed by atoms with Crippen LogP contribution in [0, 0.1) is 10.1 Å². The minimum atomic E-state index is -3.72. The minimum Gasteiger partial charge on any atom is -0.369 e. The summed E-state index contributed by atoms with van der Waals surface area (Å²) in [6, 6.07) is 19.6. The second-order valence-corrected chi connectivity index (χ2v) is 12.0. The molecule has 2 heterocycles. The van der Waals surface area contributed by atoms with Crippen LogP contribution < -0.4 is 14.7 Å². The lowest BCUT2D eigenvalue weighted by atomic mass is 10.1. The molecule has 2 fully saturated rings. The average molecular weight is 577 g/mol. The van der Waals surface area contributed by atoms with Crippen LogP contribution in [0.3, 0.4) is 0 Å². The first kappa shape index (κ1) is 26.6. The quantitative estimate of drug-likeness (QED) is 0.309. The lowest BCUT2D eigenvalue weighted by molar-refractivity contribution is -0.384. The normalized spacial score (nSPS) is 17.1. The number of nitro groups is 1. The molecule has 0 spiro atoms. The van der Waals surface area contributed by atoms with E-state index < -0.39 is 10.0 Å². The summed E-state index contributed by atoms with van der Waals surface area (Å²) >= 11 is 12.0. The van der Waals surface area contributed by atoms with Crippen LogP contribution in [-0.4, -0.2) is 70.0 Å². The van der Waals surface area contributed by atoms with Crippen molar-refractivity contribution >= 4 is 56.0 Å². The Morgan fingerprint density at radius 3 is 1.92 bits per heavy atom. The van der Waals surface area contributed by atoms with Crippen molar-refractivity contribution in [1.82, 2.24) is 4.31 Å². The highest BCUT2D eigenvalue weighted by Gasteiger charge is 2.30. The van der Waals surface area contributed by atoms with Gasteiger partial charge in [-0.15, -0.1) is 0 Å². The first-order chi connectivity index (χ1) is 18.2. The van der Waals surface area contributed by atoms with Gasteiger partial charge in [-0.3, -0.25) is 10.1 Å². The number of anilines is 3. The Kier molecular flexibility index (Phi) is 7.67. The number of nitrogens with zero attached hydrogens (tertiary/aromatic N) is 5. The topological polar surface area (TPSA) is 90.2 Å². The molecule has 0 atom stereocenters. The van der Waals surface area contributed by atoms with E-state index in [-0.39, 0.29) is 33.6 Å². The van der Waals surface area contributed by atoms with Crippen molar-refractivity contribution in [3.05, 3.63) is 86.9 Å². The zero-order valence-corrected chi connectivity index (χ0v) is 22.9. The third kappa shape index (κ3) is 5.40. The van der Waals surface area contributed by atoms with Gasteiger partial charge in [0.2, 0.25) is 10.0 Å². The van der Waals surface area contributed by atoms with E-state index in [1.807, 2.05) is 24.3 Å². The van der Waals surface area contributed by atoms with Gasteiger partial charge in [-0.2, -0.15) is 4.31 Å². The van der Waals surface area contributed by atoms with Crippen LogP contribution in [0.2, 0.25) is 10.0 Å². The summed E-state index contributed by atoms with van der Waals surface area (Å²) in [6.07, 6.45) is 0. The molecule has 200 valence electrons. The van der Waals surface area contributed by atoms with Crippen LogP contribution in [0.15, 0.2) is 71.6 Å². The van der Waals surface area contributed by atoms with E-state index in [0.29, 0.717) is 36.9 Å². The lowest BCUT2D eigenvalue weighted by Crippen LogP contribution is -2.49. The van der Waals surface area contributed by atoms with Gasteiger partial charge < -0.3 is 14.7 Å². The molecule has 0 saturated carbocycles. The van der Waals surface area contributed by atoms with Crippen LogP contribution >= 0.6 is 23.2 Å². The molecular weight excluding hydrogens is 549 g/mol. The van der Waals surface area contributed by atoms with Crippen molar-refractivity contribution in [2.24, 2.45) is 0 Å². The third-order valence-corrected chi connectivity index (χ3v) is 9.66. The standard InChI is InChI=1S/C26H27Cl2N5O4S/c27-23-8-7-22(19-24(23)28)38(36,37)32-16-14-30(15-17-32)21-6-9-25(33(34)35)26(18-21)31-12-10-29(11-13-31)20-4-2-1-3-5-20/h1-9,18-19H,10-17H2. The number of piperazine rings is 2. The zero-order valence-electron chi connectivity index (χ0n) is 20.5. The number of benzene rings is 3. The number of hydrogen-bond acceptors (Lipinski definition) is 7. The fourth-order valence-corrected chi connectivity index (χ4v) is 6.75. The maximum atomic E-state index is 13.1. The first-order valence-electron chi connectivity index (χ1n) is 12.3. The number of nitro benzene ring substituents is 1. The molecule has 12 heteroatoms. The van der Waals surface area contributed by atoms with Gasteiger partial charge in [-0.05, 0) is 42.5 Å². The van der Waals surface area contributed by atoms with E-state index in [9.17, 15) is 18.5 Å². The number of sulfonamides is 1. The number of para-hydroxylation sites is 1. The molecule has 0 N–H and O–H groups in total. The van der Waals surface area contributed by atoms with Crippen molar-refractivity contribution < 1.29 is 13.3 Å². The van der Waals surface area contributed by atoms with E-state index in [1.165, 1.54) is 22.5 Å². The minimum absolute atomic E-state index is 0.0720. The van der Waals surface area contributed by atoms with E-state index in [2.05, 4.69) is 26.8 Å². The summed E-state index contributed by atoms with van der Waals surface area (Å²) in [5.41, 5.74) is 2.64. The molecule has 2 saturated heterocycles. The molecule has 0 unspecified atom stereocenters. The van der Waals surface area contributed by atoms with Crippen molar-refractivity contribution in [2.45, 2.75) is 4.90 Å². The molecule has 38 heavy (non-hydrogen) atoms. The molecule has 2 aliphatic rings. The highest BCUT2D eigenvalue weighted by molar-refractivity contribution is 7.89. The molecular formula is C26H27Cl2N5O4S. The number of rotatable bonds is 6.